The minimum Gasteiger partial charge on any atom is -0.506 e. The van der Waals surface area contributed by atoms with E-state index in [0.29, 0.717) is 11.3 Å². The third-order valence-corrected chi connectivity index (χ3v) is 3.39. The zero-order valence-electron chi connectivity index (χ0n) is 10.9. The number of nitrogens with zero attached hydrogens (tertiary/aromatic N) is 2. The monoisotopic (exact) mass is 352 g/mol. The van der Waals surface area contributed by atoms with E-state index >= 15 is 0 Å². The van der Waals surface area contributed by atoms with Crippen molar-refractivity contribution in [3.63, 3.8) is 0 Å². The summed E-state index contributed by atoms with van der Waals surface area (Å²) in [6.07, 6.45) is 1.29. The zero-order valence-corrected chi connectivity index (χ0v) is 12.5. The van der Waals surface area contributed by atoms with Crippen molar-refractivity contribution in [2.45, 2.75) is 6.92 Å². The van der Waals surface area contributed by atoms with Gasteiger partial charge in [-0.2, -0.15) is 0 Å². The van der Waals surface area contributed by atoms with E-state index in [2.05, 4.69) is 20.9 Å². The summed E-state index contributed by atoms with van der Waals surface area (Å²) in [7, 11) is 0. The first-order chi connectivity index (χ1) is 9.88. The van der Waals surface area contributed by atoms with Crippen molar-refractivity contribution in [3.8, 4) is 5.75 Å². The number of phenolic OH excluding ortho intramolecular Hbond substituents is 1. The average molecular weight is 353 g/mol. The van der Waals surface area contributed by atoms with E-state index in [1.165, 1.54) is 36.5 Å². The Labute approximate surface area is 128 Å². The maximum absolute atomic E-state index is 13.1. The van der Waals surface area contributed by atoms with Crippen LogP contribution in [0.2, 0.25) is 0 Å². The SMILES string of the molecule is Cc1cc(N=Cc2cc([N+](=O)[O-])cc(Br)c2O)ccc1F. The Bertz CT molecular complexity index is 747. The average Bonchev–Trinajstić information content (AvgIpc) is 2.43. The molecular weight excluding hydrogens is 343 g/mol. The highest BCUT2D eigenvalue weighted by Gasteiger charge is 2.13. The Morgan fingerprint density at radius 3 is 2.71 bits per heavy atom. The summed E-state index contributed by atoms with van der Waals surface area (Å²) in [4.78, 5) is 14.3. The van der Waals surface area contributed by atoms with E-state index in [1.807, 2.05) is 0 Å². The quantitative estimate of drug-likeness (QED) is 0.509. The van der Waals surface area contributed by atoms with Gasteiger partial charge in [-0.05, 0) is 46.6 Å². The Morgan fingerprint density at radius 2 is 2.10 bits per heavy atom. The van der Waals surface area contributed by atoms with Crippen molar-refractivity contribution in [1.82, 2.24) is 0 Å². The molecule has 0 radical (unpaired) electrons. The van der Waals surface area contributed by atoms with Gasteiger partial charge in [0.1, 0.15) is 11.6 Å². The highest BCUT2D eigenvalue weighted by atomic mass is 79.9. The molecule has 0 amide bonds. The molecule has 0 aromatic heterocycles. The number of non-ortho nitro benzene ring substituents is 1. The zero-order chi connectivity index (χ0) is 15.6. The molecule has 21 heavy (non-hydrogen) atoms. The highest BCUT2D eigenvalue weighted by Crippen LogP contribution is 2.32. The smallest absolute Gasteiger partial charge is 0.271 e. The largest absolute Gasteiger partial charge is 0.506 e. The molecule has 5 nitrogen and oxygen atoms in total. The molecule has 108 valence electrons. The van der Waals surface area contributed by atoms with E-state index in [-0.39, 0.29) is 27.3 Å². The van der Waals surface area contributed by atoms with Crippen molar-refractivity contribution in [2.24, 2.45) is 4.99 Å². The van der Waals surface area contributed by atoms with Crippen molar-refractivity contribution >= 4 is 33.5 Å². The van der Waals surface area contributed by atoms with Gasteiger partial charge in [-0.15, -0.1) is 0 Å². The van der Waals surface area contributed by atoms with Crippen LogP contribution in [0.15, 0.2) is 39.8 Å². The number of nitro benzene ring substituents is 1. The molecule has 0 heterocycles. The third-order valence-electron chi connectivity index (χ3n) is 2.78. The van der Waals surface area contributed by atoms with Gasteiger partial charge in [-0.3, -0.25) is 15.1 Å². The maximum atomic E-state index is 13.1. The molecule has 0 aliphatic rings. The summed E-state index contributed by atoms with van der Waals surface area (Å²) in [6.45, 7) is 1.61. The molecule has 0 atom stereocenters. The second-order valence-electron chi connectivity index (χ2n) is 4.31. The summed E-state index contributed by atoms with van der Waals surface area (Å²) >= 11 is 3.05. The maximum Gasteiger partial charge on any atom is 0.271 e. The normalized spacial score (nSPS) is 11.0. The van der Waals surface area contributed by atoms with E-state index in [0.717, 1.165) is 0 Å². The lowest BCUT2D eigenvalue weighted by Crippen LogP contribution is -1.92. The van der Waals surface area contributed by atoms with Crippen molar-refractivity contribution < 1.29 is 14.4 Å². The number of phenols is 1. The number of nitro groups is 1. The van der Waals surface area contributed by atoms with Crippen LogP contribution >= 0.6 is 15.9 Å². The number of rotatable bonds is 3. The predicted octanol–water partition coefficient (Wildman–Crippen LogP) is 4.26. The van der Waals surface area contributed by atoms with Crippen LogP contribution in [0.4, 0.5) is 15.8 Å². The summed E-state index contributed by atoms with van der Waals surface area (Å²) in [5, 5.41) is 20.6. The fourth-order valence-electron chi connectivity index (χ4n) is 1.66. The van der Waals surface area contributed by atoms with Crippen LogP contribution in [0.5, 0.6) is 5.75 Å². The Morgan fingerprint density at radius 1 is 1.38 bits per heavy atom. The Hall–Kier alpha value is -2.28. The van der Waals surface area contributed by atoms with Crippen molar-refractivity contribution in [3.05, 3.63) is 61.9 Å². The molecule has 0 saturated heterocycles. The van der Waals surface area contributed by atoms with Crippen molar-refractivity contribution in [1.29, 1.82) is 0 Å². The summed E-state index contributed by atoms with van der Waals surface area (Å²) < 4.78 is 13.3. The molecule has 2 aromatic rings. The van der Waals surface area contributed by atoms with Gasteiger partial charge in [0, 0.05) is 23.9 Å². The van der Waals surface area contributed by atoms with Gasteiger partial charge in [0.25, 0.3) is 5.69 Å². The molecule has 0 saturated carbocycles. The van der Waals surface area contributed by atoms with E-state index in [1.54, 1.807) is 6.92 Å². The second kappa shape index (κ2) is 6.01. The van der Waals surface area contributed by atoms with Crippen LogP contribution in [0.3, 0.4) is 0 Å². The lowest BCUT2D eigenvalue weighted by atomic mass is 10.2. The Kier molecular flexibility index (Phi) is 4.32. The molecule has 0 aliphatic carbocycles. The first kappa shape index (κ1) is 15.1. The molecule has 2 aromatic carbocycles. The standard InChI is InChI=1S/C14H10BrFN2O3/c1-8-4-10(2-3-13(8)16)17-7-9-5-11(18(20)21)6-12(15)14(9)19/h2-7,19H,1H3. The first-order valence-corrected chi connectivity index (χ1v) is 6.65. The summed E-state index contributed by atoms with van der Waals surface area (Å²) in [5.41, 5.74) is 0.944. The number of hydrogen-bond acceptors (Lipinski definition) is 4. The van der Waals surface area contributed by atoms with Crippen molar-refractivity contribution in [2.75, 3.05) is 0 Å². The van der Waals surface area contributed by atoms with Crippen LogP contribution in [-0.4, -0.2) is 16.2 Å². The van der Waals surface area contributed by atoms with Gasteiger partial charge in [0.05, 0.1) is 15.1 Å². The number of hydrogen-bond donors (Lipinski definition) is 1. The number of halogens is 2. The van der Waals surface area contributed by atoms with Crippen LogP contribution in [0.1, 0.15) is 11.1 Å². The van der Waals surface area contributed by atoms with Gasteiger partial charge < -0.3 is 5.11 Å². The van der Waals surface area contributed by atoms with Gasteiger partial charge >= 0.3 is 0 Å². The molecule has 0 spiro atoms. The van der Waals surface area contributed by atoms with Crippen LogP contribution in [-0.2, 0) is 0 Å². The summed E-state index contributed by atoms with van der Waals surface area (Å²) in [5.74, 6) is -0.488. The van der Waals surface area contributed by atoms with Gasteiger partial charge in [0.2, 0.25) is 0 Å². The number of aromatic hydroxyl groups is 1. The van der Waals surface area contributed by atoms with Gasteiger partial charge in [0.15, 0.2) is 0 Å². The highest BCUT2D eigenvalue weighted by molar-refractivity contribution is 9.10. The molecular formula is C14H10BrFN2O3. The molecule has 1 N–H and O–H groups in total. The van der Waals surface area contributed by atoms with Crippen LogP contribution in [0.25, 0.3) is 0 Å². The van der Waals surface area contributed by atoms with Gasteiger partial charge in [-0.1, -0.05) is 0 Å². The molecule has 0 aliphatic heterocycles. The molecule has 0 unspecified atom stereocenters. The topological polar surface area (TPSA) is 75.7 Å². The fraction of sp³-hybridized carbons (Fsp3) is 0.0714. The number of aliphatic imine (C=N–C) groups is 1. The Balaban J connectivity index is 2.40. The molecule has 2 rings (SSSR count). The number of benzene rings is 2. The fourth-order valence-corrected chi connectivity index (χ4v) is 2.13. The van der Waals surface area contributed by atoms with E-state index in [4.69, 9.17) is 0 Å². The van der Waals surface area contributed by atoms with Crippen LogP contribution < -0.4 is 0 Å². The number of aryl methyl sites for hydroxylation is 1. The lowest BCUT2D eigenvalue weighted by Gasteiger charge is -2.02. The molecule has 0 bridgehead atoms. The molecule has 7 heteroatoms. The lowest BCUT2D eigenvalue weighted by molar-refractivity contribution is -0.385. The second-order valence-corrected chi connectivity index (χ2v) is 5.17. The van der Waals surface area contributed by atoms with E-state index in [9.17, 15) is 19.6 Å². The minimum atomic E-state index is -0.566. The minimum absolute atomic E-state index is 0.150. The molecule has 0 fully saturated rings. The van der Waals surface area contributed by atoms with E-state index < -0.39 is 4.92 Å². The third kappa shape index (κ3) is 3.43. The predicted molar refractivity (Wildman–Crippen MR) is 80.9 cm³/mol. The first-order valence-electron chi connectivity index (χ1n) is 5.85. The summed E-state index contributed by atoms with van der Waals surface area (Å²) in [6, 6.07) is 6.71. The van der Waals surface area contributed by atoms with Gasteiger partial charge in [-0.25, -0.2) is 4.39 Å². The van der Waals surface area contributed by atoms with Crippen LogP contribution in [0, 0.1) is 22.9 Å².